The number of ether oxygens (including phenoxy) is 1. The number of likely N-dealkylation sites (tertiary alicyclic amines) is 3. The highest BCUT2D eigenvalue weighted by atomic mass is 35.5. The van der Waals surface area contributed by atoms with Crippen molar-refractivity contribution in [3.8, 4) is 5.75 Å². The van der Waals surface area contributed by atoms with Crippen molar-refractivity contribution < 1.29 is 49.0 Å². The van der Waals surface area contributed by atoms with Gasteiger partial charge in [-0.1, -0.05) is 114 Å². The zero-order chi connectivity index (χ0) is 60.0. The smallest absolute Gasteiger partial charge is 0.162 e. The summed E-state index contributed by atoms with van der Waals surface area (Å²) in [7, 11) is 1.61. The molecule has 0 aromatic heterocycles. The largest absolute Gasteiger partial charge is 0.497 e. The average Bonchev–Trinajstić information content (AvgIpc) is 3.71. The molecule has 0 radical (unpaired) electrons. The van der Waals surface area contributed by atoms with Crippen LogP contribution in [-0.2, 0) is 32.5 Å². The fourth-order valence-corrected chi connectivity index (χ4v) is 11.5. The summed E-state index contributed by atoms with van der Waals surface area (Å²) >= 11 is 5.93. The van der Waals surface area contributed by atoms with Crippen LogP contribution in [0, 0.1) is 12.7 Å². The Labute approximate surface area is 501 Å². The minimum atomic E-state index is -0.729. The van der Waals surface area contributed by atoms with Crippen molar-refractivity contribution in [2.75, 3.05) is 66.0 Å². The van der Waals surface area contributed by atoms with Crippen molar-refractivity contribution in [2.45, 2.75) is 133 Å². The number of methoxy groups -OCH3 is 1. The van der Waals surface area contributed by atoms with Gasteiger partial charge in [0.2, 0.25) is 0 Å². The Morgan fingerprint density at radius 1 is 0.452 bits per heavy atom. The number of aliphatic hydroxyl groups is 5. The maximum atomic E-state index is 13.0. The highest BCUT2D eigenvalue weighted by Crippen LogP contribution is 2.30. The van der Waals surface area contributed by atoms with E-state index in [1.165, 1.54) is 23.3 Å². The van der Waals surface area contributed by atoms with Gasteiger partial charge in [0.1, 0.15) is 11.6 Å². The quantitative estimate of drug-likeness (QED) is 0.0364. The van der Waals surface area contributed by atoms with E-state index in [-0.39, 0.29) is 36.4 Å². The predicted octanol–water partition coefficient (Wildman–Crippen LogP) is 11.3. The van der Waals surface area contributed by atoms with E-state index in [9.17, 15) is 34.1 Å². The number of carbonyl (C=O) groups excluding carboxylic acids is 3. The van der Waals surface area contributed by atoms with Gasteiger partial charge < -0.3 is 45.0 Å². The minimum absolute atomic E-state index is 0.000306. The molecule has 0 bridgehead atoms. The predicted molar refractivity (Wildman–Crippen MR) is 330 cm³/mol. The van der Waals surface area contributed by atoms with Crippen molar-refractivity contribution >= 4 is 29.0 Å². The van der Waals surface area contributed by atoms with E-state index in [1.54, 1.807) is 92.0 Å². The normalized spacial score (nSPS) is 16.8. The maximum absolute atomic E-state index is 13.0. The van der Waals surface area contributed by atoms with E-state index < -0.39 is 16.8 Å². The van der Waals surface area contributed by atoms with E-state index in [4.69, 9.17) is 26.6 Å². The summed E-state index contributed by atoms with van der Waals surface area (Å²) in [5.41, 5.74) is 6.27. The first-order valence-corrected chi connectivity index (χ1v) is 30.3. The second kappa shape index (κ2) is 32.5. The molecule has 6 aromatic rings. The van der Waals surface area contributed by atoms with Gasteiger partial charge in [0.05, 0.1) is 37.1 Å². The molecule has 3 fully saturated rings. The number of benzene rings is 6. The first kappa shape index (κ1) is 65.6. The Hall–Kier alpha value is -5.97. The molecule has 9 rings (SSSR count). The number of rotatable bonds is 24. The summed E-state index contributed by atoms with van der Waals surface area (Å²) in [6.45, 7) is 9.77. The number of carbonyl (C=O) groups is 3. The van der Waals surface area contributed by atoms with Crippen LogP contribution in [0.25, 0.3) is 0 Å². The van der Waals surface area contributed by atoms with Gasteiger partial charge >= 0.3 is 0 Å². The zero-order valence-electron chi connectivity index (χ0n) is 49.2. The first-order chi connectivity index (χ1) is 40.4. The van der Waals surface area contributed by atoms with E-state index >= 15 is 0 Å². The van der Waals surface area contributed by atoms with E-state index in [2.05, 4.69) is 45.9 Å². The second-order valence-corrected chi connectivity index (χ2v) is 23.9. The lowest BCUT2D eigenvalue weighted by atomic mass is 9.85. The summed E-state index contributed by atoms with van der Waals surface area (Å²) in [6, 6.07) is 44.0. The van der Waals surface area contributed by atoms with Gasteiger partial charge in [-0.05, 0) is 161 Å². The van der Waals surface area contributed by atoms with Crippen molar-refractivity contribution in [2.24, 2.45) is 0 Å². The summed E-state index contributed by atoms with van der Waals surface area (Å²) in [4.78, 5) is 43.9. The molecule has 3 heterocycles. The molecule has 5 N–H and O–H groups in total. The summed E-state index contributed by atoms with van der Waals surface area (Å²) in [5, 5.41) is 51.5. The molecular weight excluding hydrogens is 1080 g/mol. The Morgan fingerprint density at radius 2 is 0.738 bits per heavy atom. The lowest BCUT2D eigenvalue weighted by molar-refractivity contribution is -0.0211. The number of hydrogen-bond donors (Lipinski definition) is 5. The van der Waals surface area contributed by atoms with Crippen LogP contribution < -0.4 is 4.74 Å². The molecule has 0 aliphatic carbocycles. The van der Waals surface area contributed by atoms with Crippen LogP contribution in [0.2, 0.25) is 5.02 Å². The van der Waals surface area contributed by atoms with Crippen molar-refractivity contribution in [1.82, 2.24) is 14.7 Å². The van der Waals surface area contributed by atoms with Crippen LogP contribution in [0.4, 0.5) is 4.39 Å². The minimum Gasteiger partial charge on any atom is -0.497 e. The number of aliphatic hydroxyl groups excluding tert-OH is 2. The van der Waals surface area contributed by atoms with E-state index in [1.807, 2.05) is 24.3 Å². The Bertz CT molecular complexity index is 2610. The van der Waals surface area contributed by atoms with Gasteiger partial charge in [-0.3, -0.25) is 14.4 Å². The Balaban J connectivity index is 0.000000181. The second-order valence-electron chi connectivity index (χ2n) is 23.5. The molecule has 3 saturated heterocycles. The molecule has 14 heteroatoms. The third-order valence-corrected chi connectivity index (χ3v) is 17.1. The first-order valence-electron chi connectivity index (χ1n) is 29.9. The topological polar surface area (TPSA) is 171 Å². The van der Waals surface area contributed by atoms with Gasteiger partial charge in [-0.25, -0.2) is 4.39 Å². The SMILES string of the molecule is COc1ccc(C(=O)CCCN2CCC(O)(Cc3ccc(F)cc3)CC2)cc1.Cc1ccc(CC2(O)CCN(CCCC(=O)c3ccc(CO)cc3)CC2)cc1.O=C(CCCN1CCC(O)(Cc2ccc(Cl)cc2)CC1)c1ccc(CO)cc1. The van der Waals surface area contributed by atoms with Gasteiger partial charge in [0, 0.05) is 99.5 Å². The molecule has 0 atom stereocenters. The van der Waals surface area contributed by atoms with Gasteiger partial charge in [-0.2, -0.15) is 0 Å². The molecule has 3 aliphatic heterocycles. The lowest BCUT2D eigenvalue weighted by Crippen LogP contribution is -2.45. The lowest BCUT2D eigenvalue weighted by Gasteiger charge is -2.38. The van der Waals surface area contributed by atoms with Gasteiger partial charge in [-0.15, -0.1) is 0 Å². The summed E-state index contributed by atoms with van der Waals surface area (Å²) in [6.07, 6.45) is 10.4. The molecule has 3 aliphatic rings. The van der Waals surface area contributed by atoms with Crippen LogP contribution in [0.3, 0.4) is 0 Å². The third-order valence-electron chi connectivity index (χ3n) is 16.9. The number of ketones is 3. The standard InChI is InChI=1S/C24H31NO3.C23H28ClNO3.C23H28FNO3/c1-19-4-6-20(7-5-19)17-24(28)12-15-25(16-13-24)14-2-3-23(27)22-10-8-21(18-26)9-11-22;24-21-9-5-18(6-10-21)16-23(28)11-14-25(15-12-23)13-1-2-22(27)20-7-3-19(17-26)4-8-20;1-28-21-10-6-19(7-11-21)22(26)3-2-14-25-15-12-23(27,13-16-25)17-18-4-8-20(24)9-5-18/h4-11,26,28H,2-3,12-18H2,1H3;3-10,26,28H,1-2,11-17H2;4-11,27H,2-3,12-17H2,1H3. The number of hydrogen-bond acceptors (Lipinski definition) is 12. The van der Waals surface area contributed by atoms with Gasteiger partial charge in [0.25, 0.3) is 0 Å². The van der Waals surface area contributed by atoms with E-state index in [0.29, 0.717) is 73.1 Å². The van der Waals surface area contributed by atoms with Gasteiger partial charge in [0.15, 0.2) is 17.3 Å². The van der Waals surface area contributed by atoms with Crippen molar-refractivity contribution in [3.05, 3.63) is 207 Å². The number of aryl methyl sites for hydroxylation is 1. The molecule has 12 nitrogen and oxygen atoms in total. The molecule has 0 amide bonds. The number of piperidine rings is 3. The third kappa shape index (κ3) is 21.5. The van der Waals surface area contributed by atoms with E-state index in [0.717, 1.165) is 132 Å². The number of Topliss-reactive ketones (excluding diaryl/α,β-unsaturated/α-hetero) is 3. The highest BCUT2D eigenvalue weighted by molar-refractivity contribution is 6.30. The van der Waals surface area contributed by atoms with Crippen LogP contribution >= 0.6 is 11.6 Å². The number of halogens is 2. The van der Waals surface area contributed by atoms with Crippen LogP contribution in [0.15, 0.2) is 146 Å². The molecule has 0 spiro atoms. The van der Waals surface area contributed by atoms with Crippen molar-refractivity contribution in [3.63, 3.8) is 0 Å². The molecule has 0 unspecified atom stereocenters. The highest BCUT2D eigenvalue weighted by Gasteiger charge is 2.35. The van der Waals surface area contributed by atoms with Crippen molar-refractivity contribution in [1.29, 1.82) is 0 Å². The number of nitrogens with zero attached hydrogens (tertiary/aromatic N) is 3. The van der Waals surface area contributed by atoms with Crippen LogP contribution in [0.5, 0.6) is 5.75 Å². The Kier molecular flexibility index (Phi) is 25.4. The molecule has 84 heavy (non-hydrogen) atoms. The Morgan fingerprint density at radius 3 is 1.05 bits per heavy atom. The molecule has 0 saturated carbocycles. The zero-order valence-corrected chi connectivity index (χ0v) is 50.0. The monoisotopic (exact) mass is 1170 g/mol. The molecule has 6 aromatic carbocycles. The van der Waals surface area contributed by atoms with Crippen LogP contribution in [-0.4, -0.2) is 140 Å². The fourth-order valence-electron chi connectivity index (χ4n) is 11.4. The maximum Gasteiger partial charge on any atom is 0.162 e. The summed E-state index contributed by atoms with van der Waals surface area (Å²) < 4.78 is 18.1. The molecule has 450 valence electrons. The average molecular weight is 1170 g/mol. The molecular formula is C70H87ClFN3O9. The summed E-state index contributed by atoms with van der Waals surface area (Å²) in [5.74, 6) is 0.929. The fraction of sp³-hybridized carbons (Fsp3) is 0.443. The van der Waals surface area contributed by atoms with Crippen LogP contribution in [0.1, 0.15) is 142 Å².